The highest BCUT2D eigenvalue weighted by Gasteiger charge is 2.27. The van der Waals surface area contributed by atoms with E-state index in [1.54, 1.807) is 7.05 Å². The normalized spacial score (nSPS) is 22.3. The zero-order valence-electron chi connectivity index (χ0n) is 11.0. The summed E-state index contributed by atoms with van der Waals surface area (Å²) in [5.41, 5.74) is -0.376. The van der Waals surface area contributed by atoms with Crippen LogP contribution in [-0.2, 0) is 9.47 Å². The lowest BCUT2D eigenvalue weighted by molar-refractivity contribution is -1.02. The van der Waals surface area contributed by atoms with Crippen LogP contribution >= 0.6 is 0 Å². The number of ether oxygens (including phenoxy) is 2. The molecule has 1 fully saturated rings. The summed E-state index contributed by atoms with van der Waals surface area (Å²) < 4.78 is 10.7. The third-order valence-electron chi connectivity index (χ3n) is 2.38. The third kappa shape index (κ3) is 6.08. The van der Waals surface area contributed by atoms with Gasteiger partial charge in [0, 0.05) is 19.3 Å². The molecule has 0 amide bonds. The molecule has 0 aromatic rings. The van der Waals surface area contributed by atoms with Crippen LogP contribution < -0.4 is 10.5 Å². The molecule has 0 spiro atoms. The predicted molar refractivity (Wildman–Crippen MR) is 66.4 cm³/mol. The van der Waals surface area contributed by atoms with Crippen molar-refractivity contribution in [2.24, 2.45) is 4.99 Å². The number of allylic oxidation sites excluding steroid dienone is 1. The van der Waals surface area contributed by atoms with Crippen molar-refractivity contribution in [1.82, 2.24) is 5.32 Å². The Morgan fingerprint density at radius 2 is 2.39 bits per heavy atom. The minimum Gasteiger partial charge on any atom is -0.594 e. The maximum Gasteiger partial charge on any atom is 0.234 e. The summed E-state index contributed by atoms with van der Waals surface area (Å²) >= 11 is 0. The lowest BCUT2D eigenvalue weighted by atomic mass is 10.1. The molecular formula is C11H21N3O4. The van der Waals surface area contributed by atoms with Crippen molar-refractivity contribution >= 4 is 6.21 Å². The van der Waals surface area contributed by atoms with E-state index in [4.69, 9.17) is 14.7 Å². The van der Waals surface area contributed by atoms with Crippen LogP contribution in [0.4, 0.5) is 0 Å². The molecule has 0 aromatic carbocycles. The van der Waals surface area contributed by atoms with Crippen LogP contribution in [0.5, 0.6) is 0 Å². The number of nitrogens with zero attached hydrogens (tertiary/aromatic N) is 1. The summed E-state index contributed by atoms with van der Waals surface area (Å²) in [5.74, 6) is 0.101. The van der Waals surface area contributed by atoms with Crippen molar-refractivity contribution in [2.75, 3.05) is 26.8 Å². The Morgan fingerprint density at radius 1 is 1.72 bits per heavy atom. The molecule has 0 aromatic heterocycles. The Labute approximate surface area is 107 Å². The van der Waals surface area contributed by atoms with Crippen LogP contribution in [0.25, 0.3) is 0 Å². The van der Waals surface area contributed by atoms with E-state index in [2.05, 4.69) is 10.3 Å². The Bertz CT molecular complexity index is 311. The molecule has 1 heterocycles. The van der Waals surface area contributed by atoms with E-state index < -0.39 is 5.23 Å². The van der Waals surface area contributed by atoms with Gasteiger partial charge >= 0.3 is 0 Å². The Hall–Kier alpha value is -0.990. The van der Waals surface area contributed by atoms with Crippen LogP contribution in [0.3, 0.4) is 0 Å². The molecule has 2 atom stereocenters. The van der Waals surface area contributed by atoms with E-state index in [1.165, 1.54) is 12.3 Å². The van der Waals surface area contributed by atoms with Crippen LogP contribution in [0.15, 0.2) is 16.9 Å². The van der Waals surface area contributed by atoms with Crippen molar-refractivity contribution < 1.29 is 19.9 Å². The SMILES string of the molecule is CNC(=CC=NCC(C)(C)OC[C@H]1CO1)[NH+]([O-])O. The molecular weight excluding hydrogens is 238 g/mol. The summed E-state index contributed by atoms with van der Waals surface area (Å²) in [7, 11) is 1.55. The standard InChI is InChI=1S/C11H21N3O4/c1-11(2,18-7-9-6-17-9)8-13-5-4-10(12-3)14(15)16/h4-5,9,12,14-15H,6-8H2,1-3H3/t9-/m1/s1. The second-order valence-corrected chi connectivity index (χ2v) is 4.65. The molecule has 18 heavy (non-hydrogen) atoms. The molecule has 1 unspecified atom stereocenters. The Kier molecular flexibility index (Phi) is 5.70. The maximum absolute atomic E-state index is 10.7. The van der Waals surface area contributed by atoms with Gasteiger partial charge in [0.2, 0.25) is 5.82 Å². The average molecular weight is 259 g/mol. The fourth-order valence-electron chi connectivity index (χ4n) is 1.19. The zero-order chi connectivity index (χ0) is 13.6. The van der Waals surface area contributed by atoms with Crippen molar-refractivity contribution in [3.05, 3.63) is 17.1 Å². The molecule has 1 rings (SSSR count). The number of rotatable bonds is 8. The second-order valence-electron chi connectivity index (χ2n) is 4.65. The fraction of sp³-hybridized carbons (Fsp3) is 0.727. The Balaban J connectivity index is 2.32. The third-order valence-corrected chi connectivity index (χ3v) is 2.38. The summed E-state index contributed by atoms with van der Waals surface area (Å²) in [6.45, 7) is 5.69. The molecule has 7 nitrogen and oxygen atoms in total. The first-order valence-corrected chi connectivity index (χ1v) is 5.81. The van der Waals surface area contributed by atoms with Crippen molar-refractivity contribution in [3.63, 3.8) is 0 Å². The highest BCUT2D eigenvalue weighted by molar-refractivity contribution is 5.71. The van der Waals surface area contributed by atoms with Gasteiger partial charge in [-0.25, -0.2) is 5.21 Å². The van der Waals surface area contributed by atoms with Crippen LogP contribution in [0.2, 0.25) is 0 Å². The van der Waals surface area contributed by atoms with Crippen LogP contribution in [0.1, 0.15) is 13.8 Å². The van der Waals surface area contributed by atoms with E-state index in [0.717, 1.165) is 6.61 Å². The predicted octanol–water partition coefficient (Wildman–Crippen LogP) is -0.916. The van der Waals surface area contributed by atoms with E-state index in [9.17, 15) is 5.21 Å². The van der Waals surface area contributed by atoms with Gasteiger partial charge in [-0.3, -0.25) is 4.99 Å². The number of epoxide rings is 1. The lowest BCUT2D eigenvalue weighted by Gasteiger charge is -2.22. The van der Waals surface area contributed by atoms with Crippen molar-refractivity contribution in [2.45, 2.75) is 25.6 Å². The number of aliphatic imine (C=N–C) groups is 1. The first-order valence-electron chi connectivity index (χ1n) is 5.81. The minimum absolute atomic E-state index is 0.101. The molecule has 0 aliphatic carbocycles. The average Bonchev–Trinajstić information content (AvgIpc) is 3.10. The highest BCUT2D eigenvalue weighted by atomic mass is 16.8. The van der Waals surface area contributed by atoms with Crippen molar-refractivity contribution in [3.8, 4) is 0 Å². The molecule has 7 heteroatoms. The summed E-state index contributed by atoms with van der Waals surface area (Å²) in [6, 6.07) is 0. The first-order chi connectivity index (χ1) is 8.44. The van der Waals surface area contributed by atoms with E-state index >= 15 is 0 Å². The fourth-order valence-corrected chi connectivity index (χ4v) is 1.19. The van der Waals surface area contributed by atoms with E-state index in [-0.39, 0.29) is 17.5 Å². The summed E-state index contributed by atoms with van der Waals surface area (Å²) in [5, 5.41) is 21.0. The van der Waals surface area contributed by atoms with Crippen LogP contribution in [-0.4, -0.2) is 49.9 Å². The topological polar surface area (TPSA) is 93.9 Å². The van der Waals surface area contributed by atoms with Gasteiger partial charge in [0.1, 0.15) is 6.10 Å². The molecule has 1 aliphatic heterocycles. The number of hydrogen-bond acceptors (Lipinski definition) is 6. The second kappa shape index (κ2) is 6.81. The summed E-state index contributed by atoms with van der Waals surface area (Å²) in [6.07, 6.45) is 3.12. The molecule has 1 aliphatic rings. The van der Waals surface area contributed by atoms with E-state index in [1.807, 2.05) is 13.8 Å². The quantitative estimate of drug-likeness (QED) is 0.298. The maximum atomic E-state index is 10.7. The van der Waals surface area contributed by atoms with Gasteiger partial charge in [-0.2, -0.15) is 5.23 Å². The summed E-state index contributed by atoms with van der Waals surface area (Å²) in [4.78, 5) is 4.14. The molecule has 0 bridgehead atoms. The lowest BCUT2D eigenvalue weighted by Crippen LogP contribution is -3.04. The first kappa shape index (κ1) is 15.1. The Morgan fingerprint density at radius 3 is 2.89 bits per heavy atom. The van der Waals surface area contributed by atoms with Gasteiger partial charge < -0.3 is 20.0 Å². The van der Waals surface area contributed by atoms with Gasteiger partial charge in [-0.15, -0.1) is 0 Å². The largest absolute Gasteiger partial charge is 0.594 e. The zero-order valence-corrected chi connectivity index (χ0v) is 11.0. The molecule has 0 radical (unpaired) electrons. The van der Waals surface area contributed by atoms with Gasteiger partial charge in [0.05, 0.1) is 25.4 Å². The van der Waals surface area contributed by atoms with Crippen LogP contribution in [0, 0.1) is 5.21 Å². The molecule has 1 saturated heterocycles. The van der Waals surface area contributed by atoms with Gasteiger partial charge in [-0.05, 0) is 13.8 Å². The monoisotopic (exact) mass is 259 g/mol. The van der Waals surface area contributed by atoms with E-state index in [0.29, 0.717) is 13.2 Å². The highest BCUT2D eigenvalue weighted by Crippen LogP contribution is 2.15. The number of hydrogen-bond donors (Lipinski definition) is 3. The number of nitrogens with one attached hydrogen (secondary N) is 2. The smallest absolute Gasteiger partial charge is 0.234 e. The number of hydroxylamine groups is 2. The van der Waals surface area contributed by atoms with Gasteiger partial charge in [0.25, 0.3) is 0 Å². The van der Waals surface area contributed by atoms with Crippen molar-refractivity contribution in [1.29, 1.82) is 0 Å². The van der Waals surface area contributed by atoms with Gasteiger partial charge in [-0.1, -0.05) is 0 Å². The molecule has 104 valence electrons. The molecule has 0 saturated carbocycles. The number of quaternary nitrogens is 1. The van der Waals surface area contributed by atoms with Gasteiger partial charge in [0.15, 0.2) is 0 Å². The minimum atomic E-state index is -1.01. The molecule has 3 N–H and O–H groups in total.